The van der Waals surface area contributed by atoms with Crippen LogP contribution in [0.25, 0.3) is 10.9 Å². The Morgan fingerprint density at radius 2 is 2.21 bits per heavy atom. The highest BCUT2D eigenvalue weighted by molar-refractivity contribution is 14.0. The second-order valence-electron chi connectivity index (χ2n) is 7.45. The molecular weight excluding hydrogens is 465 g/mol. The molecule has 1 aromatic heterocycles. The van der Waals surface area contributed by atoms with Crippen LogP contribution in [0.2, 0.25) is 0 Å². The number of halogens is 1. The third kappa shape index (κ3) is 5.61. The molecule has 1 saturated heterocycles. The molecule has 2 atom stereocenters. The maximum Gasteiger partial charge on any atom is 0.191 e. The van der Waals surface area contributed by atoms with Crippen molar-refractivity contribution in [2.24, 2.45) is 4.99 Å². The molecule has 0 radical (unpaired) electrons. The van der Waals surface area contributed by atoms with Crippen LogP contribution in [0.5, 0.6) is 0 Å². The van der Waals surface area contributed by atoms with E-state index in [1.165, 1.54) is 22.0 Å². The molecule has 1 fully saturated rings. The average molecular weight is 499 g/mol. The number of aryl methyl sites for hydroxylation is 1. The zero-order valence-corrected chi connectivity index (χ0v) is 19.7. The molecule has 1 aliphatic rings. The molecule has 0 saturated carbocycles. The lowest BCUT2D eigenvalue weighted by atomic mass is 10.1. The average Bonchev–Trinajstić information content (AvgIpc) is 3.09. The first-order chi connectivity index (χ1) is 13.1. The van der Waals surface area contributed by atoms with Gasteiger partial charge in [-0.05, 0) is 44.4 Å². The molecule has 0 aliphatic carbocycles. The van der Waals surface area contributed by atoms with Crippen molar-refractivity contribution in [3.05, 3.63) is 35.5 Å². The van der Waals surface area contributed by atoms with Crippen LogP contribution in [0.15, 0.2) is 29.4 Å². The second-order valence-corrected chi connectivity index (χ2v) is 7.45. The van der Waals surface area contributed by atoms with Gasteiger partial charge in [-0.25, -0.2) is 0 Å². The van der Waals surface area contributed by atoms with Crippen LogP contribution < -0.4 is 10.6 Å². The molecule has 0 amide bonds. The third-order valence-corrected chi connectivity index (χ3v) is 5.46. The summed E-state index contributed by atoms with van der Waals surface area (Å²) in [4.78, 5) is 10.2. The maximum atomic E-state index is 5.54. The highest BCUT2D eigenvalue weighted by Gasteiger charge is 2.23. The standard InChI is InChI=1S/C21H33N5O.HI/c1-15-6-5-7-19-20(15)18(13-24-19)8-9-23-21(22-4)25-12-16(2)26-10-11-27-14-17(26)3;/h5-7,13,16-17,24H,8-12,14H2,1-4H3,(H2,22,23,25);1H. The molecule has 7 heteroatoms. The summed E-state index contributed by atoms with van der Waals surface area (Å²) in [5.41, 5.74) is 3.88. The van der Waals surface area contributed by atoms with E-state index in [-0.39, 0.29) is 24.0 Å². The Kier molecular flexibility index (Phi) is 9.04. The molecule has 156 valence electrons. The number of rotatable bonds is 6. The molecule has 3 N–H and O–H groups in total. The van der Waals surface area contributed by atoms with Gasteiger partial charge in [0.15, 0.2) is 5.96 Å². The van der Waals surface area contributed by atoms with E-state index in [4.69, 9.17) is 4.74 Å². The van der Waals surface area contributed by atoms with Gasteiger partial charge in [-0.3, -0.25) is 9.89 Å². The minimum atomic E-state index is 0. The van der Waals surface area contributed by atoms with Crippen LogP contribution in [0, 0.1) is 6.92 Å². The van der Waals surface area contributed by atoms with Gasteiger partial charge in [0, 0.05) is 55.9 Å². The number of hydrogen-bond donors (Lipinski definition) is 3. The SMILES string of the molecule is CN=C(NCCc1c[nH]c2cccc(C)c12)NCC(C)N1CCOCC1C.I. The van der Waals surface area contributed by atoms with Crippen LogP contribution in [0.1, 0.15) is 25.0 Å². The van der Waals surface area contributed by atoms with Gasteiger partial charge < -0.3 is 20.4 Å². The molecule has 2 aromatic rings. The van der Waals surface area contributed by atoms with Gasteiger partial charge in [0.25, 0.3) is 0 Å². The summed E-state index contributed by atoms with van der Waals surface area (Å²) < 4.78 is 5.54. The van der Waals surface area contributed by atoms with Gasteiger partial charge in [-0.15, -0.1) is 24.0 Å². The van der Waals surface area contributed by atoms with Crippen LogP contribution in [0.3, 0.4) is 0 Å². The molecule has 1 aliphatic heterocycles. The number of nitrogens with one attached hydrogen (secondary N) is 3. The summed E-state index contributed by atoms with van der Waals surface area (Å²) in [6.07, 6.45) is 3.08. The molecule has 0 spiro atoms. The van der Waals surface area contributed by atoms with Gasteiger partial charge in [0.05, 0.1) is 13.2 Å². The van der Waals surface area contributed by atoms with Crippen molar-refractivity contribution in [3.8, 4) is 0 Å². The smallest absolute Gasteiger partial charge is 0.191 e. The van der Waals surface area contributed by atoms with Crippen molar-refractivity contribution in [3.63, 3.8) is 0 Å². The van der Waals surface area contributed by atoms with Gasteiger partial charge >= 0.3 is 0 Å². The monoisotopic (exact) mass is 499 g/mol. The van der Waals surface area contributed by atoms with Crippen LogP contribution in [-0.2, 0) is 11.2 Å². The Balaban J connectivity index is 0.00000280. The first-order valence-electron chi connectivity index (χ1n) is 9.93. The molecule has 0 bridgehead atoms. The summed E-state index contributed by atoms with van der Waals surface area (Å²) in [6, 6.07) is 7.31. The zero-order valence-electron chi connectivity index (χ0n) is 17.4. The van der Waals surface area contributed by atoms with Crippen molar-refractivity contribution < 1.29 is 4.74 Å². The highest BCUT2D eigenvalue weighted by Crippen LogP contribution is 2.22. The molecule has 6 nitrogen and oxygen atoms in total. The number of hydrogen-bond acceptors (Lipinski definition) is 3. The maximum absolute atomic E-state index is 5.54. The Bertz CT molecular complexity index is 775. The Morgan fingerprint density at radius 1 is 1.39 bits per heavy atom. The van der Waals surface area contributed by atoms with Gasteiger partial charge in [0.1, 0.15) is 0 Å². The first-order valence-corrected chi connectivity index (χ1v) is 9.93. The van der Waals surface area contributed by atoms with Crippen LogP contribution in [0.4, 0.5) is 0 Å². The first kappa shape index (κ1) is 23.0. The fraction of sp³-hybridized carbons (Fsp3) is 0.571. The topological polar surface area (TPSA) is 64.7 Å². The predicted molar refractivity (Wildman–Crippen MR) is 128 cm³/mol. The number of morpholine rings is 1. The summed E-state index contributed by atoms with van der Waals surface area (Å²) in [6.45, 7) is 11.0. The minimum Gasteiger partial charge on any atom is -0.379 e. The lowest BCUT2D eigenvalue weighted by Gasteiger charge is -2.38. The molecule has 2 heterocycles. The largest absolute Gasteiger partial charge is 0.379 e. The van der Waals surface area contributed by atoms with Gasteiger partial charge in [-0.1, -0.05) is 12.1 Å². The van der Waals surface area contributed by atoms with Crippen molar-refractivity contribution >= 4 is 40.8 Å². The van der Waals surface area contributed by atoms with E-state index in [0.29, 0.717) is 12.1 Å². The number of aromatic nitrogens is 1. The van der Waals surface area contributed by atoms with E-state index < -0.39 is 0 Å². The summed E-state index contributed by atoms with van der Waals surface area (Å²) in [5, 5.41) is 8.25. The number of nitrogens with zero attached hydrogens (tertiary/aromatic N) is 2. The van der Waals surface area contributed by atoms with E-state index in [1.54, 1.807) is 0 Å². The normalized spacial score (nSPS) is 19.3. The lowest BCUT2D eigenvalue weighted by Crippen LogP contribution is -2.53. The van der Waals surface area contributed by atoms with Crippen molar-refractivity contribution in [1.29, 1.82) is 0 Å². The number of fused-ring (bicyclic) bond motifs is 1. The van der Waals surface area contributed by atoms with E-state index in [9.17, 15) is 0 Å². The Morgan fingerprint density at radius 3 is 2.96 bits per heavy atom. The lowest BCUT2D eigenvalue weighted by molar-refractivity contribution is -0.0174. The van der Waals surface area contributed by atoms with Gasteiger partial charge in [0.2, 0.25) is 0 Å². The van der Waals surface area contributed by atoms with Crippen LogP contribution in [-0.4, -0.2) is 67.8 Å². The minimum absolute atomic E-state index is 0. The Hall–Kier alpha value is -1.32. The van der Waals surface area contributed by atoms with E-state index in [2.05, 4.69) is 70.7 Å². The van der Waals surface area contributed by atoms with E-state index in [1.807, 2.05) is 7.05 Å². The fourth-order valence-corrected chi connectivity index (χ4v) is 3.94. The quantitative estimate of drug-likeness (QED) is 0.325. The van der Waals surface area contributed by atoms with E-state index >= 15 is 0 Å². The fourth-order valence-electron chi connectivity index (χ4n) is 3.94. The zero-order chi connectivity index (χ0) is 19.2. The number of ether oxygens (including phenoxy) is 1. The number of benzene rings is 1. The highest BCUT2D eigenvalue weighted by atomic mass is 127. The number of guanidine groups is 1. The van der Waals surface area contributed by atoms with Gasteiger partial charge in [-0.2, -0.15) is 0 Å². The molecule has 1 aromatic carbocycles. The third-order valence-electron chi connectivity index (χ3n) is 5.46. The molecule has 2 unspecified atom stereocenters. The van der Waals surface area contributed by atoms with Crippen molar-refractivity contribution in [1.82, 2.24) is 20.5 Å². The number of aromatic amines is 1. The molecule has 3 rings (SSSR count). The molecule has 28 heavy (non-hydrogen) atoms. The summed E-state index contributed by atoms with van der Waals surface area (Å²) in [7, 11) is 1.83. The predicted octanol–water partition coefficient (Wildman–Crippen LogP) is 2.91. The van der Waals surface area contributed by atoms with Crippen molar-refractivity contribution in [2.45, 2.75) is 39.3 Å². The van der Waals surface area contributed by atoms with Crippen molar-refractivity contribution in [2.75, 3.05) is 39.9 Å². The second kappa shape index (κ2) is 11.0. The summed E-state index contributed by atoms with van der Waals surface area (Å²) in [5.74, 6) is 0.860. The number of H-pyrrole nitrogens is 1. The molecular formula is C21H34IN5O. The summed E-state index contributed by atoms with van der Waals surface area (Å²) >= 11 is 0. The number of aliphatic imine (C=N–C) groups is 1. The van der Waals surface area contributed by atoms with E-state index in [0.717, 1.165) is 45.2 Å². The van der Waals surface area contributed by atoms with Crippen LogP contribution >= 0.6 is 24.0 Å². The Labute approximate surface area is 185 Å².